The molecule has 1 aromatic rings. The minimum absolute atomic E-state index is 0.109. The molecule has 106 valence electrons. The smallest absolute Gasteiger partial charge is 0.245 e. The fourth-order valence-electron chi connectivity index (χ4n) is 3.97. The minimum Gasteiger partial charge on any atom is -0.370 e. The Kier molecular flexibility index (Phi) is 2.82. The Morgan fingerprint density at radius 1 is 1.25 bits per heavy atom. The van der Waals surface area contributed by atoms with Crippen molar-refractivity contribution >= 4 is 33.2 Å². The Bertz CT molecular complexity index is 577. The maximum atomic E-state index is 11.7. The van der Waals surface area contributed by atoms with Gasteiger partial charge in [0.2, 0.25) is 5.91 Å². The van der Waals surface area contributed by atoms with Gasteiger partial charge in [0.15, 0.2) is 0 Å². The highest BCUT2D eigenvalue weighted by molar-refractivity contribution is 9.10. The molecular weight excluding hydrogens is 318 g/mol. The van der Waals surface area contributed by atoms with Gasteiger partial charge < -0.3 is 16.0 Å². The van der Waals surface area contributed by atoms with Gasteiger partial charge in [0, 0.05) is 28.8 Å². The summed E-state index contributed by atoms with van der Waals surface area (Å²) < 4.78 is 1.04. The van der Waals surface area contributed by atoms with Crippen molar-refractivity contribution in [2.24, 2.45) is 17.6 Å². The second-order valence-electron chi connectivity index (χ2n) is 6.21. The van der Waals surface area contributed by atoms with E-state index >= 15 is 0 Å². The number of hydrogen-bond donors (Lipinski definition) is 2. The van der Waals surface area contributed by atoms with Gasteiger partial charge in [-0.3, -0.25) is 4.79 Å². The molecule has 5 heteroatoms. The first kappa shape index (κ1) is 12.7. The molecule has 1 aliphatic carbocycles. The second-order valence-corrected chi connectivity index (χ2v) is 7.07. The van der Waals surface area contributed by atoms with E-state index in [9.17, 15) is 4.79 Å². The standard InChI is InChI=1S/C15H18BrN3O/c16-11-4-10-12(18-15(20)14(10)17)5-13(11)19-6-8-2-1-3-9(8)7-19/h4-5,8-9,14H,1-3,6-7,17H2,(H,18,20). The number of nitrogens with two attached hydrogens (primary N) is 1. The molecule has 20 heavy (non-hydrogen) atoms. The predicted molar refractivity (Wildman–Crippen MR) is 82.7 cm³/mol. The second kappa shape index (κ2) is 4.46. The summed E-state index contributed by atoms with van der Waals surface area (Å²) >= 11 is 3.65. The Morgan fingerprint density at radius 3 is 2.65 bits per heavy atom. The lowest BCUT2D eigenvalue weighted by Crippen LogP contribution is -2.21. The van der Waals surface area contributed by atoms with Gasteiger partial charge in [-0.2, -0.15) is 0 Å². The molecular formula is C15H18BrN3O. The maximum Gasteiger partial charge on any atom is 0.245 e. The van der Waals surface area contributed by atoms with Crippen LogP contribution in [0.1, 0.15) is 30.9 Å². The first-order chi connectivity index (χ1) is 9.63. The average Bonchev–Trinajstić information content (AvgIpc) is 3.05. The Labute approximate surface area is 126 Å². The number of halogens is 1. The summed E-state index contributed by atoms with van der Waals surface area (Å²) in [5, 5.41) is 2.88. The minimum atomic E-state index is -0.534. The van der Waals surface area contributed by atoms with Crippen LogP contribution in [0.5, 0.6) is 0 Å². The van der Waals surface area contributed by atoms with E-state index in [0.29, 0.717) is 0 Å². The molecule has 3 atom stereocenters. The van der Waals surface area contributed by atoms with Gasteiger partial charge in [-0.15, -0.1) is 0 Å². The van der Waals surface area contributed by atoms with Crippen molar-refractivity contribution in [3.63, 3.8) is 0 Å². The highest BCUT2D eigenvalue weighted by atomic mass is 79.9. The maximum absolute atomic E-state index is 11.7. The number of carbonyl (C=O) groups excluding carboxylic acids is 1. The number of amides is 1. The van der Waals surface area contributed by atoms with Gasteiger partial charge in [0.05, 0.1) is 5.69 Å². The van der Waals surface area contributed by atoms with E-state index < -0.39 is 6.04 Å². The normalized spacial score (nSPS) is 31.4. The summed E-state index contributed by atoms with van der Waals surface area (Å²) in [5.74, 6) is 1.60. The molecule has 3 aliphatic rings. The molecule has 2 aliphatic heterocycles. The van der Waals surface area contributed by atoms with Gasteiger partial charge in [-0.25, -0.2) is 0 Å². The number of carbonyl (C=O) groups is 1. The molecule has 3 N–H and O–H groups in total. The Hall–Kier alpha value is -1.07. The highest BCUT2D eigenvalue weighted by Crippen LogP contribution is 2.44. The first-order valence-electron chi connectivity index (χ1n) is 7.28. The summed E-state index contributed by atoms with van der Waals surface area (Å²) in [6, 6.07) is 3.54. The van der Waals surface area contributed by atoms with Gasteiger partial charge in [-0.05, 0) is 52.7 Å². The van der Waals surface area contributed by atoms with Gasteiger partial charge in [0.25, 0.3) is 0 Å². The van der Waals surface area contributed by atoms with Crippen LogP contribution in [0, 0.1) is 11.8 Å². The van der Waals surface area contributed by atoms with Crippen molar-refractivity contribution in [2.75, 3.05) is 23.3 Å². The lowest BCUT2D eigenvalue weighted by Gasteiger charge is -2.22. The van der Waals surface area contributed by atoms with Crippen molar-refractivity contribution in [2.45, 2.75) is 25.3 Å². The van der Waals surface area contributed by atoms with E-state index in [4.69, 9.17) is 5.73 Å². The number of rotatable bonds is 1. The highest BCUT2D eigenvalue weighted by Gasteiger charge is 2.37. The molecule has 0 bridgehead atoms. The fraction of sp³-hybridized carbons (Fsp3) is 0.533. The summed E-state index contributed by atoms with van der Waals surface area (Å²) in [7, 11) is 0. The van der Waals surface area contributed by atoms with Crippen LogP contribution >= 0.6 is 15.9 Å². The molecule has 1 aromatic carbocycles. The average molecular weight is 336 g/mol. The molecule has 0 spiro atoms. The van der Waals surface area contributed by atoms with Gasteiger partial charge in [0.1, 0.15) is 6.04 Å². The molecule has 4 rings (SSSR count). The lowest BCUT2D eigenvalue weighted by atomic mass is 10.0. The van der Waals surface area contributed by atoms with Crippen molar-refractivity contribution in [1.29, 1.82) is 0 Å². The molecule has 1 saturated heterocycles. The van der Waals surface area contributed by atoms with Crippen LogP contribution in [0.25, 0.3) is 0 Å². The van der Waals surface area contributed by atoms with Crippen LogP contribution in [0.2, 0.25) is 0 Å². The zero-order valence-corrected chi connectivity index (χ0v) is 12.8. The van der Waals surface area contributed by atoms with Crippen molar-refractivity contribution in [1.82, 2.24) is 0 Å². The SMILES string of the molecule is NC1C(=O)Nc2cc(N3CC4CCCC4C3)c(Br)cc21. The quantitative estimate of drug-likeness (QED) is 0.829. The van der Waals surface area contributed by atoms with Crippen molar-refractivity contribution < 1.29 is 4.79 Å². The third-order valence-corrected chi connectivity index (χ3v) is 5.70. The number of fused-ring (bicyclic) bond motifs is 2. The summed E-state index contributed by atoms with van der Waals surface area (Å²) in [6.07, 6.45) is 4.12. The third kappa shape index (κ3) is 1.79. The molecule has 1 amide bonds. The Balaban J connectivity index is 1.67. The number of nitrogens with zero attached hydrogens (tertiary/aromatic N) is 1. The van der Waals surface area contributed by atoms with E-state index in [1.165, 1.54) is 24.9 Å². The summed E-state index contributed by atoms with van der Waals surface area (Å²) in [5.41, 5.74) is 8.84. The zero-order chi connectivity index (χ0) is 13.9. The summed E-state index contributed by atoms with van der Waals surface area (Å²) in [6.45, 7) is 2.28. The molecule has 3 unspecified atom stereocenters. The van der Waals surface area contributed by atoms with E-state index in [1.54, 1.807) is 0 Å². The molecule has 2 fully saturated rings. The number of nitrogens with one attached hydrogen (secondary N) is 1. The summed E-state index contributed by atoms with van der Waals surface area (Å²) in [4.78, 5) is 14.1. The van der Waals surface area contributed by atoms with E-state index in [1.807, 2.05) is 6.07 Å². The monoisotopic (exact) mass is 335 g/mol. The number of hydrogen-bond acceptors (Lipinski definition) is 3. The van der Waals surface area contributed by atoms with E-state index in [2.05, 4.69) is 32.2 Å². The Morgan fingerprint density at radius 2 is 1.95 bits per heavy atom. The third-order valence-electron chi connectivity index (χ3n) is 5.06. The van der Waals surface area contributed by atoms with E-state index in [-0.39, 0.29) is 5.91 Å². The van der Waals surface area contributed by atoms with E-state index in [0.717, 1.165) is 40.6 Å². The largest absolute Gasteiger partial charge is 0.370 e. The van der Waals surface area contributed by atoms with Crippen LogP contribution in [0.3, 0.4) is 0 Å². The zero-order valence-electron chi connectivity index (χ0n) is 11.2. The lowest BCUT2D eigenvalue weighted by molar-refractivity contribution is -0.116. The molecule has 0 radical (unpaired) electrons. The predicted octanol–water partition coefficient (Wildman–Crippen LogP) is 2.64. The van der Waals surface area contributed by atoms with Crippen LogP contribution in [0.4, 0.5) is 11.4 Å². The van der Waals surface area contributed by atoms with Gasteiger partial charge >= 0.3 is 0 Å². The molecule has 2 heterocycles. The van der Waals surface area contributed by atoms with Crippen LogP contribution < -0.4 is 16.0 Å². The van der Waals surface area contributed by atoms with Crippen LogP contribution in [-0.4, -0.2) is 19.0 Å². The molecule has 1 saturated carbocycles. The first-order valence-corrected chi connectivity index (χ1v) is 8.07. The van der Waals surface area contributed by atoms with Crippen molar-refractivity contribution in [3.05, 3.63) is 22.2 Å². The van der Waals surface area contributed by atoms with Gasteiger partial charge in [-0.1, -0.05) is 6.42 Å². The molecule has 4 nitrogen and oxygen atoms in total. The van der Waals surface area contributed by atoms with Crippen LogP contribution in [0.15, 0.2) is 16.6 Å². The number of anilines is 2. The topological polar surface area (TPSA) is 58.4 Å². The number of benzene rings is 1. The fourth-order valence-corrected chi connectivity index (χ4v) is 4.58. The molecule has 0 aromatic heterocycles. The van der Waals surface area contributed by atoms with Crippen LogP contribution in [-0.2, 0) is 4.79 Å². The van der Waals surface area contributed by atoms with Crippen molar-refractivity contribution in [3.8, 4) is 0 Å².